The Morgan fingerprint density at radius 2 is 1.78 bits per heavy atom. The molecule has 0 spiro atoms. The average molecular weight is 479 g/mol. The first-order chi connectivity index (χ1) is 17.7. The Hall–Kier alpha value is -4.63. The molecule has 0 bridgehead atoms. The van der Waals surface area contributed by atoms with E-state index in [2.05, 4.69) is 25.1 Å². The topological polar surface area (TPSA) is 110 Å². The largest absolute Gasteiger partial charge is 0.481 e. The third-order valence-electron chi connectivity index (χ3n) is 6.29. The van der Waals surface area contributed by atoms with Crippen LogP contribution in [0.1, 0.15) is 5.56 Å². The zero-order chi connectivity index (χ0) is 24.5. The monoisotopic (exact) mass is 478 g/mol. The number of rotatable bonds is 7. The van der Waals surface area contributed by atoms with Crippen molar-refractivity contribution in [1.29, 1.82) is 0 Å². The van der Waals surface area contributed by atoms with Gasteiger partial charge in [-0.1, -0.05) is 47.6 Å². The number of carbonyl (C=O) groups is 1. The quantitative estimate of drug-likeness (QED) is 0.371. The summed E-state index contributed by atoms with van der Waals surface area (Å²) in [5.74, 6) is -0.133. The molecule has 5 aromatic rings. The van der Waals surface area contributed by atoms with Crippen LogP contribution in [0.15, 0.2) is 89.8 Å². The van der Waals surface area contributed by atoms with Gasteiger partial charge in [-0.2, -0.15) is 10.1 Å². The Bertz CT molecular complexity index is 1490. The van der Waals surface area contributed by atoms with Gasteiger partial charge >= 0.3 is 5.97 Å². The molecule has 178 valence electrons. The van der Waals surface area contributed by atoms with E-state index in [1.54, 1.807) is 18.6 Å². The minimum Gasteiger partial charge on any atom is -0.481 e. The van der Waals surface area contributed by atoms with Crippen LogP contribution in [0.5, 0.6) is 0 Å². The second-order valence-electron chi connectivity index (χ2n) is 8.75. The number of carboxylic acid groups (broad SMARTS) is 1. The zero-order valence-electron chi connectivity index (χ0n) is 19.2. The Morgan fingerprint density at radius 3 is 2.50 bits per heavy atom. The van der Waals surface area contributed by atoms with E-state index in [9.17, 15) is 4.79 Å². The summed E-state index contributed by atoms with van der Waals surface area (Å²) in [6, 6.07) is 21.6. The van der Waals surface area contributed by atoms with Crippen LogP contribution >= 0.6 is 0 Å². The molecule has 4 heterocycles. The molecule has 1 aliphatic heterocycles. The predicted molar refractivity (Wildman–Crippen MR) is 132 cm³/mol. The molecule has 0 saturated carbocycles. The highest BCUT2D eigenvalue weighted by atomic mass is 16.5. The van der Waals surface area contributed by atoms with Crippen molar-refractivity contribution in [3.05, 3.63) is 90.9 Å². The molecule has 6 rings (SSSR count). The number of carboxylic acids is 1. The van der Waals surface area contributed by atoms with Gasteiger partial charge in [-0.15, -0.1) is 0 Å². The summed E-state index contributed by atoms with van der Waals surface area (Å²) in [6.45, 7) is 1.89. The van der Waals surface area contributed by atoms with E-state index in [0.29, 0.717) is 36.9 Å². The van der Waals surface area contributed by atoms with Gasteiger partial charge in [-0.3, -0.25) is 14.7 Å². The van der Waals surface area contributed by atoms with Gasteiger partial charge in [-0.25, -0.2) is 4.68 Å². The molecule has 0 aliphatic carbocycles. The summed E-state index contributed by atoms with van der Waals surface area (Å²) in [6.07, 6.45) is 5.24. The lowest BCUT2D eigenvalue weighted by Gasteiger charge is -2.36. The van der Waals surface area contributed by atoms with Crippen LogP contribution in [-0.4, -0.2) is 54.0 Å². The van der Waals surface area contributed by atoms with Gasteiger partial charge in [0.2, 0.25) is 5.82 Å². The normalized spacial score (nSPS) is 14.0. The highest BCUT2D eigenvalue weighted by Gasteiger charge is 2.32. The molecule has 36 heavy (non-hydrogen) atoms. The molecular weight excluding hydrogens is 456 g/mol. The molecule has 1 fully saturated rings. The Morgan fingerprint density at radius 1 is 0.972 bits per heavy atom. The van der Waals surface area contributed by atoms with E-state index in [-0.39, 0.29) is 5.92 Å². The minimum atomic E-state index is -0.726. The summed E-state index contributed by atoms with van der Waals surface area (Å²) >= 11 is 0. The number of hydrogen-bond acceptors (Lipinski definition) is 7. The first-order valence-corrected chi connectivity index (χ1v) is 11.6. The van der Waals surface area contributed by atoms with Gasteiger partial charge in [-0.05, 0) is 29.8 Å². The Balaban J connectivity index is 1.27. The van der Waals surface area contributed by atoms with E-state index in [1.807, 2.05) is 71.4 Å². The molecule has 1 aliphatic rings. The van der Waals surface area contributed by atoms with E-state index >= 15 is 0 Å². The van der Waals surface area contributed by atoms with Gasteiger partial charge in [0.05, 0.1) is 29.1 Å². The van der Waals surface area contributed by atoms with Crippen molar-refractivity contribution in [2.24, 2.45) is 5.92 Å². The minimum absolute atomic E-state index is 0.259. The molecule has 0 amide bonds. The van der Waals surface area contributed by atoms with Crippen molar-refractivity contribution in [2.75, 3.05) is 13.1 Å². The SMILES string of the molecule is O=C(O)C1CN(Cc2ccc(-c3noc(-c4cnn(-c5ccccc5)c4-c4cccnc4)n3)cc2)C1. The fourth-order valence-electron chi connectivity index (χ4n) is 4.37. The highest BCUT2D eigenvalue weighted by molar-refractivity contribution is 5.78. The van der Waals surface area contributed by atoms with Crippen LogP contribution in [0.3, 0.4) is 0 Å². The molecule has 9 heteroatoms. The lowest BCUT2D eigenvalue weighted by Crippen LogP contribution is -2.49. The van der Waals surface area contributed by atoms with E-state index in [0.717, 1.165) is 28.1 Å². The summed E-state index contributed by atoms with van der Waals surface area (Å²) in [5.41, 5.74) is 5.26. The van der Waals surface area contributed by atoms with Crippen molar-refractivity contribution in [1.82, 2.24) is 29.8 Å². The van der Waals surface area contributed by atoms with Gasteiger partial charge in [0.1, 0.15) is 0 Å². The van der Waals surface area contributed by atoms with Gasteiger partial charge < -0.3 is 9.63 Å². The summed E-state index contributed by atoms with van der Waals surface area (Å²) < 4.78 is 7.52. The molecule has 1 N–H and O–H groups in total. The van der Waals surface area contributed by atoms with Crippen molar-refractivity contribution in [3.8, 4) is 39.8 Å². The number of aromatic nitrogens is 5. The number of nitrogens with zero attached hydrogens (tertiary/aromatic N) is 6. The fraction of sp³-hybridized carbons (Fsp3) is 0.148. The number of benzene rings is 2. The van der Waals surface area contributed by atoms with Crippen LogP contribution in [0.25, 0.3) is 39.8 Å². The third-order valence-corrected chi connectivity index (χ3v) is 6.29. The molecule has 1 saturated heterocycles. The molecule has 2 aromatic carbocycles. The maximum Gasteiger partial charge on any atom is 0.309 e. The van der Waals surface area contributed by atoms with E-state index in [1.165, 1.54) is 0 Å². The van der Waals surface area contributed by atoms with Gasteiger partial charge in [0, 0.05) is 43.2 Å². The second-order valence-corrected chi connectivity index (χ2v) is 8.75. The molecule has 0 radical (unpaired) electrons. The maximum atomic E-state index is 11.0. The molecule has 3 aromatic heterocycles. The van der Waals surface area contributed by atoms with Crippen LogP contribution in [-0.2, 0) is 11.3 Å². The van der Waals surface area contributed by atoms with Gasteiger partial charge in [0.15, 0.2) is 0 Å². The molecule has 9 nitrogen and oxygen atoms in total. The first kappa shape index (κ1) is 21.9. The average Bonchev–Trinajstić information content (AvgIpc) is 3.55. The number of hydrogen-bond donors (Lipinski definition) is 1. The third kappa shape index (κ3) is 4.16. The Kier molecular flexibility index (Phi) is 5.59. The maximum absolute atomic E-state index is 11.0. The van der Waals surface area contributed by atoms with Crippen LogP contribution in [0.2, 0.25) is 0 Å². The fourth-order valence-corrected chi connectivity index (χ4v) is 4.37. The zero-order valence-corrected chi connectivity index (χ0v) is 19.2. The number of para-hydroxylation sites is 1. The van der Waals surface area contributed by atoms with Crippen molar-refractivity contribution in [3.63, 3.8) is 0 Å². The predicted octanol–water partition coefficient (Wildman–Crippen LogP) is 4.17. The van der Waals surface area contributed by atoms with Gasteiger partial charge in [0.25, 0.3) is 5.89 Å². The summed E-state index contributed by atoms with van der Waals surface area (Å²) in [4.78, 5) is 22.1. The first-order valence-electron chi connectivity index (χ1n) is 11.6. The van der Waals surface area contributed by atoms with E-state index in [4.69, 9.17) is 9.63 Å². The standard InChI is InChI=1S/C27H22N6O3/c34-27(35)21-16-32(17-21)15-18-8-10-19(11-9-18)25-30-26(36-31-25)23-14-29-33(22-6-2-1-3-7-22)24(23)20-5-4-12-28-13-20/h1-14,21H,15-17H2,(H,34,35). The number of pyridine rings is 1. The highest BCUT2D eigenvalue weighted by Crippen LogP contribution is 2.33. The van der Waals surface area contributed by atoms with Crippen LogP contribution in [0.4, 0.5) is 0 Å². The van der Waals surface area contributed by atoms with Crippen molar-refractivity contribution < 1.29 is 14.4 Å². The number of likely N-dealkylation sites (tertiary alicyclic amines) is 1. The second kappa shape index (κ2) is 9.20. The molecule has 0 atom stereocenters. The van der Waals surface area contributed by atoms with E-state index < -0.39 is 5.97 Å². The summed E-state index contributed by atoms with van der Waals surface area (Å²) in [7, 11) is 0. The lowest BCUT2D eigenvalue weighted by atomic mass is 9.99. The Labute approximate surface area is 206 Å². The van der Waals surface area contributed by atoms with Crippen LogP contribution < -0.4 is 0 Å². The van der Waals surface area contributed by atoms with Crippen molar-refractivity contribution in [2.45, 2.75) is 6.54 Å². The van der Waals surface area contributed by atoms with Crippen molar-refractivity contribution >= 4 is 5.97 Å². The smallest absolute Gasteiger partial charge is 0.309 e. The number of aliphatic carboxylic acids is 1. The van der Waals surface area contributed by atoms with Crippen LogP contribution in [0, 0.1) is 5.92 Å². The molecular formula is C27H22N6O3. The molecule has 0 unspecified atom stereocenters. The lowest BCUT2D eigenvalue weighted by molar-refractivity contribution is -0.147. The summed E-state index contributed by atoms with van der Waals surface area (Å²) in [5, 5.41) is 17.9.